The van der Waals surface area contributed by atoms with Crippen molar-refractivity contribution in [3.05, 3.63) is 10.3 Å². The molecule has 0 radical (unpaired) electrons. The van der Waals surface area contributed by atoms with Crippen molar-refractivity contribution in [3.8, 4) is 11.5 Å². The summed E-state index contributed by atoms with van der Waals surface area (Å²) in [6.45, 7) is 1.97. The minimum absolute atomic E-state index is 0.108. The lowest BCUT2D eigenvalue weighted by molar-refractivity contribution is -0.120. The predicted molar refractivity (Wildman–Crippen MR) is 60.3 cm³/mol. The number of fused-ring (bicyclic) bond motifs is 1. The Balaban J connectivity index is 1.88. The Morgan fingerprint density at radius 2 is 2.25 bits per heavy atom. The monoisotopic (exact) mass is 239 g/mol. The Hall–Kier alpha value is -1.07. The van der Waals surface area contributed by atoms with Gasteiger partial charge in [0.1, 0.15) is 19.0 Å². The normalized spacial score (nSPS) is 24.5. The van der Waals surface area contributed by atoms with E-state index in [1.54, 1.807) is 11.3 Å². The van der Waals surface area contributed by atoms with Crippen LogP contribution < -0.4 is 14.8 Å². The SMILES string of the molecule is O=C1CCNC(c2scc3c2OCCO3)C1. The quantitative estimate of drug-likeness (QED) is 0.807. The van der Waals surface area contributed by atoms with Crippen molar-refractivity contribution in [1.82, 2.24) is 5.32 Å². The molecule has 0 spiro atoms. The summed E-state index contributed by atoms with van der Waals surface area (Å²) in [6.07, 6.45) is 1.21. The molecule has 2 aliphatic heterocycles. The molecule has 0 aliphatic carbocycles. The Labute approximate surface area is 97.6 Å². The average Bonchev–Trinajstić information content (AvgIpc) is 2.72. The van der Waals surface area contributed by atoms with Gasteiger partial charge in [-0.2, -0.15) is 0 Å². The first-order valence-electron chi connectivity index (χ1n) is 5.46. The van der Waals surface area contributed by atoms with Gasteiger partial charge in [0.2, 0.25) is 0 Å². The lowest BCUT2D eigenvalue weighted by atomic mass is 10.0. The molecule has 2 aliphatic rings. The van der Waals surface area contributed by atoms with Crippen molar-refractivity contribution in [2.45, 2.75) is 18.9 Å². The largest absolute Gasteiger partial charge is 0.485 e. The molecule has 86 valence electrons. The van der Waals surface area contributed by atoms with Gasteiger partial charge in [0.15, 0.2) is 11.5 Å². The third-order valence-corrected chi connectivity index (χ3v) is 3.93. The molecule has 1 atom stereocenters. The summed E-state index contributed by atoms with van der Waals surface area (Å²) in [5.41, 5.74) is 0. The second-order valence-corrected chi connectivity index (χ2v) is 4.90. The zero-order chi connectivity index (χ0) is 11.0. The second kappa shape index (κ2) is 4.07. The number of ketones is 1. The first kappa shape index (κ1) is 10.1. The lowest BCUT2D eigenvalue weighted by Gasteiger charge is -2.24. The second-order valence-electron chi connectivity index (χ2n) is 3.99. The molecule has 1 N–H and O–H groups in total. The van der Waals surface area contributed by atoms with E-state index in [2.05, 4.69) is 5.32 Å². The Bertz CT molecular complexity index is 415. The van der Waals surface area contributed by atoms with Crippen LogP contribution in [0, 0.1) is 0 Å². The predicted octanol–water partition coefficient (Wildman–Crippen LogP) is 1.51. The minimum Gasteiger partial charge on any atom is -0.485 e. The van der Waals surface area contributed by atoms with Crippen LogP contribution in [0.1, 0.15) is 23.8 Å². The van der Waals surface area contributed by atoms with Crippen molar-refractivity contribution in [1.29, 1.82) is 0 Å². The van der Waals surface area contributed by atoms with Crippen LogP contribution in [0.15, 0.2) is 5.38 Å². The Morgan fingerprint density at radius 1 is 1.38 bits per heavy atom. The molecule has 3 heterocycles. The summed E-state index contributed by atoms with van der Waals surface area (Å²) in [5.74, 6) is 1.98. The summed E-state index contributed by atoms with van der Waals surface area (Å²) in [4.78, 5) is 12.5. The molecule has 5 heteroatoms. The van der Waals surface area contributed by atoms with Crippen LogP contribution in [0.3, 0.4) is 0 Å². The fourth-order valence-electron chi connectivity index (χ4n) is 2.10. The molecule has 1 fully saturated rings. The van der Waals surface area contributed by atoms with Gasteiger partial charge in [0.05, 0.1) is 10.9 Å². The Kier molecular flexibility index (Phi) is 2.57. The molecule has 0 saturated carbocycles. The van der Waals surface area contributed by atoms with Crippen LogP contribution in [-0.2, 0) is 4.79 Å². The molecule has 1 aromatic heterocycles. The van der Waals surface area contributed by atoms with Gasteiger partial charge in [-0.15, -0.1) is 11.3 Å². The molecule has 0 aromatic carbocycles. The molecular formula is C11H13NO3S. The number of nitrogens with one attached hydrogen (secondary N) is 1. The van der Waals surface area contributed by atoms with Crippen molar-refractivity contribution in [3.63, 3.8) is 0 Å². The number of rotatable bonds is 1. The molecule has 16 heavy (non-hydrogen) atoms. The first-order valence-corrected chi connectivity index (χ1v) is 6.34. The van der Waals surface area contributed by atoms with Crippen molar-refractivity contribution < 1.29 is 14.3 Å². The highest BCUT2D eigenvalue weighted by Crippen LogP contribution is 2.43. The maximum Gasteiger partial charge on any atom is 0.176 e. The third kappa shape index (κ3) is 1.70. The Morgan fingerprint density at radius 3 is 3.12 bits per heavy atom. The van der Waals surface area contributed by atoms with E-state index < -0.39 is 0 Å². The molecule has 1 unspecified atom stereocenters. The number of thiophene rings is 1. The molecule has 1 saturated heterocycles. The van der Waals surface area contributed by atoms with Crippen LogP contribution in [0.25, 0.3) is 0 Å². The van der Waals surface area contributed by atoms with E-state index in [1.165, 1.54) is 0 Å². The van der Waals surface area contributed by atoms with E-state index in [4.69, 9.17) is 9.47 Å². The van der Waals surface area contributed by atoms with Crippen molar-refractivity contribution in [2.75, 3.05) is 19.8 Å². The van der Waals surface area contributed by atoms with Gasteiger partial charge in [-0.1, -0.05) is 0 Å². The van der Waals surface area contributed by atoms with Gasteiger partial charge in [-0.25, -0.2) is 0 Å². The van der Waals surface area contributed by atoms with E-state index in [0.29, 0.717) is 31.8 Å². The van der Waals surface area contributed by atoms with E-state index in [-0.39, 0.29) is 6.04 Å². The molecule has 0 bridgehead atoms. The fourth-order valence-corrected chi connectivity index (χ4v) is 3.10. The minimum atomic E-state index is 0.108. The van der Waals surface area contributed by atoms with E-state index in [9.17, 15) is 4.79 Å². The lowest BCUT2D eigenvalue weighted by Crippen LogP contribution is -2.31. The molecular weight excluding hydrogens is 226 g/mol. The van der Waals surface area contributed by atoms with Gasteiger partial charge in [-0.05, 0) is 0 Å². The van der Waals surface area contributed by atoms with Crippen LogP contribution in [0.5, 0.6) is 11.5 Å². The van der Waals surface area contributed by atoms with Crippen molar-refractivity contribution >= 4 is 17.1 Å². The number of carbonyl (C=O) groups excluding carboxylic acids is 1. The molecule has 3 rings (SSSR count). The van der Waals surface area contributed by atoms with Gasteiger partial charge in [0.25, 0.3) is 0 Å². The van der Waals surface area contributed by atoms with Crippen molar-refractivity contribution in [2.24, 2.45) is 0 Å². The number of Topliss-reactive ketones (excluding diaryl/α,β-unsaturated/α-hetero) is 1. The average molecular weight is 239 g/mol. The third-order valence-electron chi connectivity index (χ3n) is 2.87. The number of carbonyl (C=O) groups is 1. The van der Waals surface area contributed by atoms with Gasteiger partial charge < -0.3 is 14.8 Å². The number of piperidine rings is 1. The van der Waals surface area contributed by atoms with Gasteiger partial charge in [-0.3, -0.25) is 4.79 Å². The smallest absolute Gasteiger partial charge is 0.176 e. The molecule has 0 amide bonds. The fraction of sp³-hybridized carbons (Fsp3) is 0.545. The first-order chi connectivity index (χ1) is 7.84. The number of hydrogen-bond acceptors (Lipinski definition) is 5. The topological polar surface area (TPSA) is 47.6 Å². The molecule has 1 aromatic rings. The van der Waals surface area contributed by atoms with Crippen LogP contribution in [-0.4, -0.2) is 25.5 Å². The number of hydrogen-bond donors (Lipinski definition) is 1. The van der Waals surface area contributed by atoms with E-state index in [1.807, 2.05) is 5.38 Å². The van der Waals surface area contributed by atoms with Gasteiger partial charge >= 0.3 is 0 Å². The van der Waals surface area contributed by atoms with Gasteiger partial charge in [0, 0.05) is 24.8 Å². The highest BCUT2D eigenvalue weighted by atomic mass is 32.1. The van der Waals surface area contributed by atoms with E-state index >= 15 is 0 Å². The summed E-state index contributed by atoms with van der Waals surface area (Å²) in [5, 5.41) is 5.32. The summed E-state index contributed by atoms with van der Waals surface area (Å²) in [6, 6.07) is 0.108. The maximum absolute atomic E-state index is 11.4. The van der Waals surface area contributed by atoms with Crippen LogP contribution >= 0.6 is 11.3 Å². The highest BCUT2D eigenvalue weighted by Gasteiger charge is 2.28. The summed E-state index contributed by atoms with van der Waals surface area (Å²) < 4.78 is 11.1. The number of ether oxygens (including phenoxy) is 2. The van der Waals surface area contributed by atoms with Crippen LogP contribution in [0.2, 0.25) is 0 Å². The molecule has 4 nitrogen and oxygen atoms in total. The zero-order valence-corrected chi connectivity index (χ0v) is 9.64. The maximum atomic E-state index is 11.4. The highest BCUT2D eigenvalue weighted by molar-refractivity contribution is 7.10. The standard InChI is InChI=1S/C11H13NO3S/c13-7-1-2-12-8(5-7)11-10-9(6-16-11)14-3-4-15-10/h6,8,12H,1-5H2. The van der Waals surface area contributed by atoms with E-state index in [0.717, 1.165) is 22.9 Å². The summed E-state index contributed by atoms with van der Waals surface area (Å²) >= 11 is 1.61. The summed E-state index contributed by atoms with van der Waals surface area (Å²) in [7, 11) is 0. The van der Waals surface area contributed by atoms with Crippen LogP contribution in [0.4, 0.5) is 0 Å². The zero-order valence-electron chi connectivity index (χ0n) is 8.82.